The third-order valence-corrected chi connectivity index (χ3v) is 9.79. The number of esters is 2. The number of carbonyl (C=O) groups excluding carboxylic acids is 3. The standard InChI is InChI=1S/C24H39NO13P2.Na.H/c1-22(2,3)19(26)35-16-37-40(33,38-17-36-20(27)23(4,5)6)24(29,39(30,31)32)13-10-14-25-21(28)34-15-18-11-8-7-9-12-18;;/h7-9,11-12,29H,10,13-17H2,1-6H3,(H,25,28)(H2,30,31,32);;. The molecule has 0 radical (unpaired) electrons. The summed E-state index contributed by atoms with van der Waals surface area (Å²) in [6.07, 6.45) is -2.08. The summed E-state index contributed by atoms with van der Waals surface area (Å²) in [6.45, 7) is 6.59. The predicted molar refractivity (Wildman–Crippen MR) is 149 cm³/mol. The van der Waals surface area contributed by atoms with E-state index in [9.17, 15) is 38.4 Å². The molecule has 0 aliphatic rings. The van der Waals surface area contributed by atoms with Crippen LogP contribution in [-0.2, 0) is 48.6 Å². The Morgan fingerprint density at radius 3 is 1.71 bits per heavy atom. The first-order valence-corrected chi connectivity index (χ1v) is 15.3. The maximum absolute atomic E-state index is 13.7. The third-order valence-electron chi connectivity index (χ3n) is 5.13. The summed E-state index contributed by atoms with van der Waals surface area (Å²) in [7, 11) is -11.0. The van der Waals surface area contributed by atoms with Crippen LogP contribution in [0.1, 0.15) is 59.9 Å². The second-order valence-corrected chi connectivity index (χ2v) is 15.2. The van der Waals surface area contributed by atoms with Crippen molar-refractivity contribution in [1.29, 1.82) is 0 Å². The molecule has 41 heavy (non-hydrogen) atoms. The van der Waals surface area contributed by atoms with E-state index in [4.69, 9.17) is 23.3 Å². The van der Waals surface area contributed by atoms with Gasteiger partial charge in [0, 0.05) is 13.0 Å². The van der Waals surface area contributed by atoms with Gasteiger partial charge >= 0.3 is 62.8 Å². The quantitative estimate of drug-likeness (QED) is 0.0580. The molecule has 1 atom stereocenters. The van der Waals surface area contributed by atoms with Crippen molar-refractivity contribution < 1.29 is 61.7 Å². The van der Waals surface area contributed by atoms with E-state index in [0.29, 0.717) is 0 Å². The van der Waals surface area contributed by atoms with E-state index < -0.39 is 69.1 Å². The molecule has 0 aromatic heterocycles. The molecule has 0 fully saturated rings. The second kappa shape index (κ2) is 16.5. The molecule has 0 saturated heterocycles. The SMILES string of the molecule is CC(C)(C)C(=O)OCOP(=O)(OCOC(=O)C(C)(C)C)C(O)(CCCNC(=O)OCc1ccccc1)P(=O)(O)O.[NaH]. The van der Waals surface area contributed by atoms with Crippen LogP contribution in [0.15, 0.2) is 30.3 Å². The number of carbonyl (C=O) groups is 3. The van der Waals surface area contributed by atoms with Gasteiger partial charge in [0.1, 0.15) is 6.61 Å². The van der Waals surface area contributed by atoms with E-state index in [-0.39, 0.29) is 49.1 Å². The molecule has 0 bridgehead atoms. The Bertz CT molecular complexity index is 1060. The average molecular weight is 636 g/mol. The van der Waals surface area contributed by atoms with Gasteiger partial charge in [-0.1, -0.05) is 30.3 Å². The van der Waals surface area contributed by atoms with E-state index in [1.54, 1.807) is 30.3 Å². The van der Waals surface area contributed by atoms with Crippen LogP contribution in [0.25, 0.3) is 0 Å². The van der Waals surface area contributed by atoms with Gasteiger partial charge in [-0.3, -0.25) is 27.8 Å². The summed E-state index contributed by atoms with van der Waals surface area (Å²) in [5.74, 6) is -1.62. The Hall–Kier alpha value is -1.31. The van der Waals surface area contributed by atoms with Crippen LogP contribution >= 0.6 is 15.2 Å². The van der Waals surface area contributed by atoms with Crippen LogP contribution in [0.2, 0.25) is 0 Å². The van der Waals surface area contributed by atoms with Crippen molar-refractivity contribution in [2.75, 3.05) is 20.1 Å². The molecule has 0 spiro atoms. The summed E-state index contributed by atoms with van der Waals surface area (Å²) in [5, 5.41) is 9.92. The number of hydrogen-bond donors (Lipinski definition) is 4. The van der Waals surface area contributed by atoms with Gasteiger partial charge in [-0.2, -0.15) is 0 Å². The number of aliphatic hydroxyl groups is 1. The van der Waals surface area contributed by atoms with Crippen molar-refractivity contribution in [3.8, 4) is 0 Å². The van der Waals surface area contributed by atoms with Crippen LogP contribution < -0.4 is 5.32 Å². The van der Waals surface area contributed by atoms with Crippen LogP contribution in [0, 0.1) is 10.8 Å². The Labute approximate surface area is 261 Å². The number of amides is 1. The molecule has 1 aromatic carbocycles. The molecule has 17 heteroatoms. The first-order valence-electron chi connectivity index (χ1n) is 12.2. The Kier molecular flexibility index (Phi) is 16.0. The number of alkyl carbamates (subject to hydrolysis) is 1. The predicted octanol–water partition coefficient (Wildman–Crippen LogP) is 3.19. The molecule has 1 rings (SSSR count). The van der Waals surface area contributed by atoms with Crippen LogP contribution in [0.5, 0.6) is 0 Å². The minimum atomic E-state index is -5.70. The third kappa shape index (κ3) is 12.8. The van der Waals surface area contributed by atoms with Crippen molar-refractivity contribution in [2.45, 2.75) is 66.1 Å². The number of benzene rings is 1. The van der Waals surface area contributed by atoms with Crippen LogP contribution in [-0.4, -0.2) is 87.7 Å². The number of rotatable bonds is 14. The fraction of sp³-hybridized carbons (Fsp3) is 0.625. The summed E-state index contributed by atoms with van der Waals surface area (Å²) in [5.41, 5.74) is -1.28. The number of hydrogen-bond acceptors (Lipinski definition) is 11. The van der Waals surface area contributed by atoms with Gasteiger partial charge in [0.2, 0.25) is 13.6 Å². The molecule has 1 aromatic rings. The monoisotopic (exact) mass is 635 g/mol. The van der Waals surface area contributed by atoms with E-state index in [0.717, 1.165) is 5.56 Å². The van der Waals surface area contributed by atoms with E-state index in [1.165, 1.54) is 41.5 Å². The summed E-state index contributed by atoms with van der Waals surface area (Å²) in [6, 6.07) is 8.79. The molecular weight excluding hydrogens is 595 g/mol. The van der Waals surface area contributed by atoms with Crippen molar-refractivity contribution in [1.82, 2.24) is 5.32 Å². The van der Waals surface area contributed by atoms with Gasteiger partial charge in [0.05, 0.1) is 10.8 Å². The number of ether oxygens (including phenoxy) is 3. The molecule has 0 aliphatic heterocycles. The second-order valence-electron chi connectivity index (χ2n) is 10.8. The summed E-state index contributed by atoms with van der Waals surface area (Å²) < 4.78 is 50.7. The van der Waals surface area contributed by atoms with Gasteiger partial charge in [0.25, 0.3) is 5.08 Å². The topological polar surface area (TPSA) is 204 Å². The molecule has 0 heterocycles. The molecule has 14 nitrogen and oxygen atoms in total. The van der Waals surface area contributed by atoms with Crippen molar-refractivity contribution in [3.05, 3.63) is 35.9 Å². The zero-order valence-electron chi connectivity index (χ0n) is 23.4. The summed E-state index contributed by atoms with van der Waals surface area (Å²) in [4.78, 5) is 56.0. The molecule has 1 unspecified atom stereocenters. The number of nitrogens with one attached hydrogen (secondary N) is 1. The van der Waals surface area contributed by atoms with Gasteiger partial charge in [-0.25, -0.2) is 4.79 Å². The normalized spacial score (nSPS) is 13.8. The molecule has 0 aliphatic carbocycles. The summed E-state index contributed by atoms with van der Waals surface area (Å²) >= 11 is 0. The van der Waals surface area contributed by atoms with Crippen molar-refractivity contribution >= 4 is 62.8 Å². The van der Waals surface area contributed by atoms with E-state index >= 15 is 0 Å². The van der Waals surface area contributed by atoms with E-state index in [1.807, 2.05) is 0 Å². The molecule has 1 amide bonds. The molecular formula is C24H40NNaO13P2. The molecule has 4 N–H and O–H groups in total. The van der Waals surface area contributed by atoms with Gasteiger partial charge in [0.15, 0.2) is 0 Å². The van der Waals surface area contributed by atoms with E-state index in [2.05, 4.69) is 5.32 Å². The average Bonchev–Trinajstić information content (AvgIpc) is 2.83. The fourth-order valence-corrected chi connectivity index (χ4v) is 6.08. The maximum atomic E-state index is 13.7. The van der Waals surface area contributed by atoms with Gasteiger partial charge in [-0.15, -0.1) is 0 Å². The van der Waals surface area contributed by atoms with Crippen molar-refractivity contribution in [2.24, 2.45) is 10.8 Å². The van der Waals surface area contributed by atoms with Gasteiger partial charge in [-0.05, 0) is 53.5 Å². The fourth-order valence-electron chi connectivity index (χ4n) is 2.71. The van der Waals surface area contributed by atoms with Crippen LogP contribution in [0.4, 0.5) is 4.79 Å². The zero-order chi connectivity index (χ0) is 30.8. The van der Waals surface area contributed by atoms with Crippen LogP contribution in [0.3, 0.4) is 0 Å². The first kappa shape index (κ1) is 39.7. The Morgan fingerprint density at radius 1 is 0.829 bits per heavy atom. The van der Waals surface area contributed by atoms with Crippen molar-refractivity contribution in [3.63, 3.8) is 0 Å². The first-order chi connectivity index (χ1) is 18.2. The van der Waals surface area contributed by atoms with Gasteiger partial charge < -0.3 is 34.4 Å². The Balaban J connectivity index is 0.0000160. The Morgan fingerprint density at radius 2 is 1.29 bits per heavy atom. The zero-order valence-corrected chi connectivity index (χ0v) is 25.2. The molecule has 0 saturated carbocycles. The minimum absolute atomic E-state index is 0. The molecule has 230 valence electrons.